The number of para-hydroxylation sites is 2. The van der Waals surface area contributed by atoms with Gasteiger partial charge < -0.3 is 19.1 Å². The zero-order valence-corrected chi connectivity index (χ0v) is 16.5. The number of esters is 1. The first-order valence-corrected chi connectivity index (χ1v) is 8.97. The quantitative estimate of drug-likeness (QED) is 0.514. The van der Waals surface area contributed by atoms with E-state index in [9.17, 15) is 9.59 Å². The van der Waals surface area contributed by atoms with E-state index in [2.05, 4.69) is 0 Å². The molecule has 6 nitrogen and oxygen atoms in total. The Bertz CT molecular complexity index is 832. The number of likely N-dealkylation sites (N-methyl/N-ethyl adjacent to an activating group) is 1. The summed E-state index contributed by atoms with van der Waals surface area (Å²) in [7, 11) is 3.07. The number of carbonyl (C=O) groups excluding carboxylic acids is 2. The molecule has 2 aromatic rings. The van der Waals surface area contributed by atoms with E-state index in [4.69, 9.17) is 14.2 Å². The molecule has 28 heavy (non-hydrogen) atoms. The van der Waals surface area contributed by atoms with Gasteiger partial charge in [-0.25, -0.2) is 4.79 Å². The number of anilines is 1. The third kappa shape index (κ3) is 5.13. The fourth-order valence-corrected chi connectivity index (χ4v) is 2.76. The molecular weight excluding hydrogens is 358 g/mol. The SMILES string of the molecule is CCN(C(=O)[C@H](C)OC(=O)/C=C/c1cccc(OC)c1OC)c1ccccc1. The maximum Gasteiger partial charge on any atom is 0.331 e. The van der Waals surface area contributed by atoms with E-state index in [1.54, 1.807) is 43.2 Å². The fourth-order valence-electron chi connectivity index (χ4n) is 2.76. The van der Waals surface area contributed by atoms with Crippen LogP contribution in [0.5, 0.6) is 11.5 Å². The minimum Gasteiger partial charge on any atom is -0.493 e. The summed E-state index contributed by atoms with van der Waals surface area (Å²) in [6, 6.07) is 14.6. The van der Waals surface area contributed by atoms with E-state index in [0.29, 0.717) is 23.6 Å². The predicted octanol–water partition coefficient (Wildman–Crippen LogP) is 3.70. The minimum absolute atomic E-state index is 0.283. The van der Waals surface area contributed by atoms with E-state index < -0.39 is 12.1 Å². The Hall–Kier alpha value is -3.28. The van der Waals surface area contributed by atoms with Crippen LogP contribution in [0.3, 0.4) is 0 Å². The van der Waals surface area contributed by atoms with Gasteiger partial charge >= 0.3 is 5.97 Å². The Balaban J connectivity index is 2.06. The van der Waals surface area contributed by atoms with Crippen molar-refractivity contribution in [1.29, 1.82) is 0 Å². The molecule has 148 valence electrons. The number of hydrogen-bond donors (Lipinski definition) is 0. The van der Waals surface area contributed by atoms with Crippen molar-refractivity contribution in [3.8, 4) is 11.5 Å². The molecule has 0 aliphatic heterocycles. The number of carbonyl (C=O) groups is 2. The lowest BCUT2D eigenvalue weighted by Crippen LogP contribution is -2.39. The highest BCUT2D eigenvalue weighted by atomic mass is 16.5. The van der Waals surface area contributed by atoms with Gasteiger partial charge in [0.25, 0.3) is 5.91 Å². The van der Waals surface area contributed by atoms with Gasteiger partial charge in [-0.2, -0.15) is 0 Å². The number of rotatable bonds is 8. The summed E-state index contributed by atoms with van der Waals surface area (Å²) in [4.78, 5) is 26.4. The van der Waals surface area contributed by atoms with Crippen molar-refractivity contribution in [3.63, 3.8) is 0 Å². The normalized spacial score (nSPS) is 11.7. The van der Waals surface area contributed by atoms with Crippen LogP contribution in [0.25, 0.3) is 6.08 Å². The molecule has 0 spiro atoms. The number of amides is 1. The lowest BCUT2D eigenvalue weighted by atomic mass is 10.1. The Kier molecular flexibility index (Phi) is 7.63. The minimum atomic E-state index is -0.912. The largest absolute Gasteiger partial charge is 0.493 e. The van der Waals surface area contributed by atoms with Crippen LogP contribution in [0.1, 0.15) is 19.4 Å². The van der Waals surface area contributed by atoms with Crippen LogP contribution in [0.4, 0.5) is 5.69 Å². The van der Waals surface area contributed by atoms with Crippen molar-refractivity contribution < 1.29 is 23.8 Å². The Morgan fingerprint density at radius 3 is 2.36 bits per heavy atom. The summed E-state index contributed by atoms with van der Waals surface area (Å²) in [6.45, 7) is 3.90. The standard InChI is InChI=1S/C22H25NO5/c1-5-23(18-11-7-6-8-12-18)22(25)16(2)28-20(24)15-14-17-10-9-13-19(26-3)21(17)27-4/h6-16H,5H2,1-4H3/b15-14+/t16-/m0/s1. The van der Waals surface area contributed by atoms with Crippen LogP contribution in [0.15, 0.2) is 54.6 Å². The molecule has 0 heterocycles. The fraction of sp³-hybridized carbons (Fsp3) is 0.273. The highest BCUT2D eigenvalue weighted by Gasteiger charge is 2.23. The van der Waals surface area contributed by atoms with Crippen molar-refractivity contribution in [2.24, 2.45) is 0 Å². The number of ether oxygens (including phenoxy) is 3. The molecule has 2 aromatic carbocycles. The zero-order chi connectivity index (χ0) is 20.5. The van der Waals surface area contributed by atoms with Gasteiger partial charge in [-0.1, -0.05) is 30.3 Å². The lowest BCUT2D eigenvalue weighted by molar-refractivity contribution is -0.149. The monoisotopic (exact) mass is 383 g/mol. The first kappa shape index (κ1) is 21.0. The molecule has 0 bridgehead atoms. The Morgan fingerprint density at radius 1 is 1.04 bits per heavy atom. The summed E-state index contributed by atoms with van der Waals surface area (Å²) >= 11 is 0. The summed E-state index contributed by atoms with van der Waals surface area (Å²) in [5.41, 5.74) is 1.42. The van der Waals surface area contributed by atoms with Gasteiger partial charge in [-0.05, 0) is 38.1 Å². The average Bonchev–Trinajstić information content (AvgIpc) is 2.72. The van der Waals surface area contributed by atoms with Gasteiger partial charge in [0.15, 0.2) is 17.6 Å². The molecule has 0 unspecified atom stereocenters. The maximum absolute atomic E-state index is 12.7. The smallest absolute Gasteiger partial charge is 0.331 e. The van der Waals surface area contributed by atoms with Crippen molar-refractivity contribution in [3.05, 3.63) is 60.2 Å². The van der Waals surface area contributed by atoms with E-state index in [-0.39, 0.29) is 5.91 Å². The first-order valence-electron chi connectivity index (χ1n) is 8.97. The number of hydrogen-bond acceptors (Lipinski definition) is 5. The van der Waals surface area contributed by atoms with Crippen LogP contribution in [0, 0.1) is 0 Å². The topological polar surface area (TPSA) is 65.1 Å². The Labute approximate surface area is 165 Å². The molecule has 0 aliphatic rings. The van der Waals surface area contributed by atoms with Crippen LogP contribution in [-0.2, 0) is 14.3 Å². The number of nitrogens with zero attached hydrogens (tertiary/aromatic N) is 1. The zero-order valence-electron chi connectivity index (χ0n) is 16.5. The maximum atomic E-state index is 12.7. The molecule has 1 amide bonds. The second-order valence-corrected chi connectivity index (χ2v) is 5.91. The van der Waals surface area contributed by atoms with Crippen molar-refractivity contribution >= 4 is 23.6 Å². The van der Waals surface area contributed by atoms with Crippen LogP contribution in [0.2, 0.25) is 0 Å². The third-order valence-corrected chi connectivity index (χ3v) is 4.12. The molecule has 0 aromatic heterocycles. The van der Waals surface area contributed by atoms with E-state index in [0.717, 1.165) is 5.69 Å². The van der Waals surface area contributed by atoms with Gasteiger partial charge in [-0.3, -0.25) is 4.79 Å². The highest BCUT2D eigenvalue weighted by Crippen LogP contribution is 2.31. The Morgan fingerprint density at radius 2 is 1.75 bits per heavy atom. The molecule has 0 saturated carbocycles. The van der Waals surface area contributed by atoms with Gasteiger partial charge in [0.05, 0.1) is 14.2 Å². The van der Waals surface area contributed by atoms with Crippen LogP contribution in [-0.4, -0.2) is 38.7 Å². The van der Waals surface area contributed by atoms with E-state index in [1.165, 1.54) is 13.2 Å². The second-order valence-electron chi connectivity index (χ2n) is 5.91. The van der Waals surface area contributed by atoms with Crippen LogP contribution < -0.4 is 14.4 Å². The molecular formula is C22H25NO5. The molecule has 6 heteroatoms. The number of benzene rings is 2. The lowest BCUT2D eigenvalue weighted by Gasteiger charge is -2.24. The van der Waals surface area contributed by atoms with Gasteiger partial charge in [0, 0.05) is 23.9 Å². The molecule has 2 rings (SSSR count). The van der Waals surface area contributed by atoms with Crippen molar-refractivity contribution in [2.75, 3.05) is 25.7 Å². The summed E-state index contributed by atoms with van der Waals surface area (Å²) in [5, 5.41) is 0. The highest BCUT2D eigenvalue weighted by molar-refractivity contribution is 5.98. The van der Waals surface area contributed by atoms with Crippen molar-refractivity contribution in [1.82, 2.24) is 0 Å². The van der Waals surface area contributed by atoms with Gasteiger partial charge in [0.2, 0.25) is 0 Å². The molecule has 0 N–H and O–H groups in total. The second kappa shape index (κ2) is 10.2. The molecule has 1 atom stereocenters. The first-order chi connectivity index (χ1) is 13.5. The van der Waals surface area contributed by atoms with Gasteiger partial charge in [0.1, 0.15) is 0 Å². The third-order valence-electron chi connectivity index (χ3n) is 4.12. The summed E-state index contributed by atoms with van der Waals surface area (Å²) < 4.78 is 15.8. The molecule has 0 aliphatic carbocycles. The predicted molar refractivity (Wildman–Crippen MR) is 109 cm³/mol. The van der Waals surface area contributed by atoms with E-state index in [1.807, 2.05) is 37.3 Å². The summed E-state index contributed by atoms with van der Waals surface area (Å²) in [5.74, 6) is 0.173. The average molecular weight is 383 g/mol. The molecule has 0 fully saturated rings. The van der Waals surface area contributed by atoms with Crippen LogP contribution >= 0.6 is 0 Å². The van der Waals surface area contributed by atoms with E-state index >= 15 is 0 Å². The summed E-state index contributed by atoms with van der Waals surface area (Å²) in [6.07, 6.45) is 1.92. The van der Waals surface area contributed by atoms with Gasteiger partial charge in [-0.15, -0.1) is 0 Å². The molecule has 0 saturated heterocycles. The van der Waals surface area contributed by atoms with Crippen molar-refractivity contribution in [2.45, 2.75) is 20.0 Å². The number of methoxy groups -OCH3 is 2. The molecule has 0 radical (unpaired) electrons.